The summed E-state index contributed by atoms with van der Waals surface area (Å²) in [4.78, 5) is 12.2. The molecule has 0 aromatic heterocycles. The van der Waals surface area contributed by atoms with Gasteiger partial charge in [-0.1, -0.05) is 0 Å². The van der Waals surface area contributed by atoms with Crippen LogP contribution >= 0.6 is 0 Å². The van der Waals surface area contributed by atoms with E-state index in [2.05, 4.69) is 39.0 Å². The van der Waals surface area contributed by atoms with Crippen LogP contribution in [0, 0.1) is 0 Å². The summed E-state index contributed by atoms with van der Waals surface area (Å²) in [6.07, 6.45) is 9.88. The maximum atomic E-state index is 12.2. The Balaban J connectivity index is 2.44. The zero-order chi connectivity index (χ0) is 16.7. The van der Waals surface area contributed by atoms with E-state index in [0.717, 1.165) is 18.4 Å². The Bertz CT molecular complexity index is 499. The second-order valence-electron chi connectivity index (χ2n) is 7.35. The Kier molecular flexibility index (Phi) is 7.64. The van der Waals surface area contributed by atoms with E-state index in [1.807, 2.05) is 0 Å². The van der Waals surface area contributed by atoms with Crippen LogP contribution in [0.15, 0.2) is 18.2 Å². The molecule has 0 bridgehead atoms. The first-order valence-electron chi connectivity index (χ1n) is 9.84. The van der Waals surface area contributed by atoms with Crippen LogP contribution in [0.3, 0.4) is 0 Å². The van der Waals surface area contributed by atoms with Crippen molar-refractivity contribution in [3.8, 4) is 0 Å². The second-order valence-corrected chi connectivity index (χ2v) is 20.5. The average Bonchev–Trinajstić information content (AvgIpc) is 2.96. The monoisotopic (exact) mass is 422 g/mol. The number of benzene rings is 1. The maximum absolute atomic E-state index is 12.2. The van der Waals surface area contributed by atoms with Crippen molar-refractivity contribution in [3.63, 3.8) is 0 Å². The minimum absolute atomic E-state index is 0.392. The van der Waals surface area contributed by atoms with Gasteiger partial charge >= 0.3 is 147 Å². The first-order valence-corrected chi connectivity index (χ1v) is 17.3. The standard InChI is InChI=1S/C9H7O.3C4H9.Sn/c10-9-6-5-7-3-1-2-4-8(7)9;3*1-3-4-2;/h1-2,4H,5-6H2;3*1,3-4H2,2H3;. The summed E-state index contributed by atoms with van der Waals surface area (Å²) in [6.45, 7) is 6.99. The quantitative estimate of drug-likeness (QED) is 0.432. The molecule has 1 aromatic carbocycles. The van der Waals surface area contributed by atoms with Gasteiger partial charge in [0.25, 0.3) is 0 Å². The molecule has 0 fully saturated rings. The Morgan fingerprint density at radius 3 is 1.96 bits per heavy atom. The summed E-state index contributed by atoms with van der Waals surface area (Å²) < 4.78 is 6.22. The third-order valence-corrected chi connectivity index (χ3v) is 21.5. The molecular weight excluding hydrogens is 387 g/mol. The van der Waals surface area contributed by atoms with Crippen LogP contribution < -0.4 is 3.58 Å². The zero-order valence-corrected chi connectivity index (χ0v) is 18.3. The molecular formula is C21H34OSn. The van der Waals surface area contributed by atoms with Crippen molar-refractivity contribution in [2.24, 2.45) is 0 Å². The molecule has 0 unspecified atom stereocenters. The zero-order valence-electron chi connectivity index (χ0n) is 15.4. The van der Waals surface area contributed by atoms with Crippen molar-refractivity contribution in [1.82, 2.24) is 0 Å². The van der Waals surface area contributed by atoms with Gasteiger partial charge in [-0.25, -0.2) is 0 Å². The summed E-state index contributed by atoms with van der Waals surface area (Å²) in [5.41, 5.74) is 2.56. The van der Waals surface area contributed by atoms with Crippen molar-refractivity contribution >= 4 is 27.7 Å². The number of ketones is 1. The van der Waals surface area contributed by atoms with Crippen LogP contribution in [-0.4, -0.2) is 24.2 Å². The van der Waals surface area contributed by atoms with Crippen LogP contribution in [0.4, 0.5) is 0 Å². The third kappa shape index (κ3) is 4.40. The summed E-state index contributed by atoms with van der Waals surface area (Å²) in [6, 6.07) is 6.71. The molecule has 0 aliphatic heterocycles. The molecule has 1 nitrogen and oxygen atoms in total. The van der Waals surface area contributed by atoms with Crippen LogP contribution in [0.1, 0.15) is 81.6 Å². The van der Waals surface area contributed by atoms with E-state index < -0.39 is 18.4 Å². The van der Waals surface area contributed by atoms with Gasteiger partial charge in [0.2, 0.25) is 0 Å². The molecule has 128 valence electrons. The summed E-state index contributed by atoms with van der Waals surface area (Å²) in [5, 5.41) is 0. The topological polar surface area (TPSA) is 17.1 Å². The minimum atomic E-state index is -2.38. The van der Waals surface area contributed by atoms with E-state index in [9.17, 15) is 4.79 Å². The van der Waals surface area contributed by atoms with Crippen molar-refractivity contribution in [1.29, 1.82) is 0 Å². The number of carbonyl (C=O) groups is 1. The molecule has 0 saturated heterocycles. The van der Waals surface area contributed by atoms with Gasteiger partial charge in [-0.15, -0.1) is 0 Å². The van der Waals surface area contributed by atoms with E-state index in [-0.39, 0.29) is 0 Å². The van der Waals surface area contributed by atoms with Gasteiger partial charge in [0.05, 0.1) is 0 Å². The molecule has 0 heterocycles. The summed E-state index contributed by atoms with van der Waals surface area (Å²) in [5.74, 6) is 0.392. The Morgan fingerprint density at radius 1 is 0.870 bits per heavy atom. The first kappa shape index (κ1) is 19.0. The van der Waals surface area contributed by atoms with Gasteiger partial charge in [-0.05, 0) is 0 Å². The van der Waals surface area contributed by atoms with Gasteiger partial charge in [0.1, 0.15) is 0 Å². The van der Waals surface area contributed by atoms with Crippen molar-refractivity contribution in [2.75, 3.05) is 0 Å². The fourth-order valence-electron chi connectivity index (χ4n) is 4.31. The molecule has 2 rings (SSSR count). The number of unbranched alkanes of at least 4 members (excludes halogenated alkanes) is 3. The third-order valence-electron chi connectivity index (χ3n) is 5.68. The van der Waals surface area contributed by atoms with Gasteiger partial charge in [0.15, 0.2) is 0 Å². The molecule has 0 amide bonds. The molecule has 0 atom stereocenters. The van der Waals surface area contributed by atoms with Crippen LogP contribution in [-0.2, 0) is 6.42 Å². The van der Waals surface area contributed by atoms with E-state index in [0.29, 0.717) is 5.78 Å². The number of Topliss-reactive ketones (excluding diaryl/α,β-unsaturated/α-hetero) is 1. The summed E-state index contributed by atoms with van der Waals surface area (Å²) >= 11 is -2.38. The fraction of sp³-hybridized carbons (Fsp3) is 0.667. The van der Waals surface area contributed by atoms with E-state index in [1.165, 1.54) is 57.4 Å². The Morgan fingerprint density at radius 2 is 1.43 bits per heavy atom. The molecule has 2 heteroatoms. The number of hydrogen-bond donors (Lipinski definition) is 0. The normalized spacial score (nSPS) is 14.3. The van der Waals surface area contributed by atoms with Gasteiger partial charge in [-0.2, -0.15) is 0 Å². The Hall–Kier alpha value is -0.311. The number of hydrogen-bond acceptors (Lipinski definition) is 1. The van der Waals surface area contributed by atoms with Crippen molar-refractivity contribution in [2.45, 2.75) is 85.4 Å². The molecule has 0 radical (unpaired) electrons. The predicted octanol–water partition coefficient (Wildman–Crippen LogP) is 5.87. The molecule has 0 N–H and O–H groups in total. The fourth-order valence-corrected chi connectivity index (χ4v) is 21.4. The molecule has 23 heavy (non-hydrogen) atoms. The van der Waals surface area contributed by atoms with Crippen LogP contribution in [0.5, 0.6) is 0 Å². The van der Waals surface area contributed by atoms with Crippen molar-refractivity contribution in [3.05, 3.63) is 29.3 Å². The molecule has 0 saturated carbocycles. The number of carbonyl (C=O) groups excluding carboxylic acids is 1. The van der Waals surface area contributed by atoms with E-state index >= 15 is 0 Å². The Labute approximate surface area is 147 Å². The average molecular weight is 421 g/mol. The molecule has 1 aliphatic carbocycles. The SMILES string of the molecule is CCC[CH2][Sn]([CH2]CCC)([CH2]CCC)[c]1cccc2c1CCC2=O. The number of rotatable bonds is 10. The second kappa shape index (κ2) is 9.24. The summed E-state index contributed by atoms with van der Waals surface area (Å²) in [7, 11) is 0. The van der Waals surface area contributed by atoms with Crippen LogP contribution in [0.25, 0.3) is 0 Å². The van der Waals surface area contributed by atoms with Gasteiger partial charge < -0.3 is 0 Å². The molecule has 0 spiro atoms. The van der Waals surface area contributed by atoms with E-state index in [4.69, 9.17) is 0 Å². The van der Waals surface area contributed by atoms with Crippen LogP contribution in [0.2, 0.25) is 13.3 Å². The predicted molar refractivity (Wildman–Crippen MR) is 104 cm³/mol. The first-order chi connectivity index (χ1) is 11.2. The molecule has 1 aliphatic rings. The number of fused-ring (bicyclic) bond motifs is 1. The van der Waals surface area contributed by atoms with Gasteiger partial charge in [-0.3, -0.25) is 0 Å². The van der Waals surface area contributed by atoms with E-state index in [1.54, 1.807) is 3.58 Å². The van der Waals surface area contributed by atoms with Gasteiger partial charge in [0, 0.05) is 0 Å². The molecule has 1 aromatic rings. The van der Waals surface area contributed by atoms with Crippen molar-refractivity contribution < 1.29 is 4.79 Å².